The van der Waals surface area contributed by atoms with Crippen molar-refractivity contribution in [3.63, 3.8) is 0 Å². The van der Waals surface area contributed by atoms with Crippen LogP contribution in [0.1, 0.15) is 22.7 Å². The first-order valence-electron chi connectivity index (χ1n) is 10.4. The van der Waals surface area contributed by atoms with Crippen molar-refractivity contribution in [1.29, 1.82) is 0 Å². The Morgan fingerprint density at radius 2 is 1.71 bits per heavy atom. The summed E-state index contributed by atoms with van der Waals surface area (Å²) in [4.78, 5) is 27.8. The Balaban J connectivity index is 2.05. The van der Waals surface area contributed by atoms with E-state index in [2.05, 4.69) is 0 Å². The summed E-state index contributed by atoms with van der Waals surface area (Å²) in [6.07, 6.45) is 0. The lowest BCUT2D eigenvalue weighted by Crippen LogP contribution is -2.29. The number of anilines is 1. The van der Waals surface area contributed by atoms with Crippen LogP contribution >= 0.6 is 23.2 Å². The van der Waals surface area contributed by atoms with Gasteiger partial charge < -0.3 is 14.6 Å². The lowest BCUT2D eigenvalue weighted by Gasteiger charge is -2.27. The number of aliphatic hydroxyl groups is 1. The van der Waals surface area contributed by atoms with Crippen LogP contribution in [0.25, 0.3) is 5.76 Å². The van der Waals surface area contributed by atoms with Crippen LogP contribution in [0.4, 0.5) is 10.1 Å². The van der Waals surface area contributed by atoms with Gasteiger partial charge in [0.1, 0.15) is 23.1 Å². The quantitative estimate of drug-likeness (QED) is 0.253. The summed E-state index contributed by atoms with van der Waals surface area (Å²) in [7, 11) is 2.83. The zero-order chi connectivity index (χ0) is 25.4. The molecule has 1 N–H and O–H groups in total. The SMILES string of the molecule is COc1ccccc1C1/C(=C(\O)c2cc(C)cc(Cl)c2OC)C(=O)C(=O)N1c1ccc(F)c(Cl)c1. The van der Waals surface area contributed by atoms with Gasteiger partial charge in [-0.2, -0.15) is 0 Å². The molecule has 0 radical (unpaired) electrons. The van der Waals surface area contributed by atoms with E-state index in [1.54, 1.807) is 43.3 Å². The summed E-state index contributed by atoms with van der Waals surface area (Å²) < 4.78 is 24.8. The molecule has 1 saturated heterocycles. The van der Waals surface area contributed by atoms with Crippen LogP contribution in [0.5, 0.6) is 11.5 Å². The molecule has 1 heterocycles. The topological polar surface area (TPSA) is 76.1 Å². The molecule has 9 heteroatoms. The van der Waals surface area contributed by atoms with Gasteiger partial charge in [0.05, 0.1) is 41.4 Å². The van der Waals surface area contributed by atoms with E-state index in [1.807, 2.05) is 0 Å². The molecule has 1 aliphatic heterocycles. The predicted molar refractivity (Wildman–Crippen MR) is 132 cm³/mol. The standard InChI is InChI=1S/C26H20Cl2FNO5/c1-13-10-16(25(35-3)18(28)11-13)23(31)21-22(15-6-4-5-7-20(15)34-2)30(26(33)24(21)32)14-8-9-19(29)17(27)12-14/h4-12,22,31H,1-3H3/b23-21+. The largest absolute Gasteiger partial charge is 0.507 e. The molecule has 0 bridgehead atoms. The number of aryl methyl sites for hydroxylation is 1. The highest BCUT2D eigenvalue weighted by molar-refractivity contribution is 6.52. The van der Waals surface area contributed by atoms with Crippen molar-refractivity contribution in [2.45, 2.75) is 13.0 Å². The van der Waals surface area contributed by atoms with Crippen molar-refractivity contribution in [3.8, 4) is 11.5 Å². The number of carbonyl (C=O) groups excluding carboxylic acids is 2. The van der Waals surface area contributed by atoms with Gasteiger partial charge >= 0.3 is 0 Å². The normalized spacial score (nSPS) is 17.1. The average Bonchev–Trinajstić information content (AvgIpc) is 3.10. The molecule has 1 fully saturated rings. The maximum atomic E-state index is 13.9. The molecule has 1 atom stereocenters. The number of methoxy groups -OCH3 is 2. The first kappa shape index (κ1) is 24.6. The molecule has 0 spiro atoms. The average molecular weight is 516 g/mol. The lowest BCUT2D eigenvalue weighted by molar-refractivity contribution is -0.132. The predicted octanol–water partition coefficient (Wildman–Crippen LogP) is 6.08. The minimum atomic E-state index is -1.11. The van der Waals surface area contributed by atoms with Crippen LogP contribution in [-0.2, 0) is 9.59 Å². The number of rotatable bonds is 5. The molecule has 4 rings (SSSR count). The van der Waals surface area contributed by atoms with Crippen LogP contribution in [0.3, 0.4) is 0 Å². The van der Waals surface area contributed by atoms with Crippen molar-refractivity contribution in [3.05, 3.63) is 92.7 Å². The van der Waals surface area contributed by atoms with Gasteiger partial charge in [-0.25, -0.2) is 4.39 Å². The first-order chi connectivity index (χ1) is 16.7. The number of para-hydroxylation sites is 1. The number of nitrogens with zero attached hydrogens (tertiary/aromatic N) is 1. The molecular weight excluding hydrogens is 496 g/mol. The Hall–Kier alpha value is -3.55. The number of amides is 1. The van der Waals surface area contributed by atoms with Gasteiger partial charge in [-0.1, -0.05) is 41.4 Å². The summed E-state index contributed by atoms with van der Waals surface area (Å²) in [5.41, 5.74) is 1.23. The van der Waals surface area contributed by atoms with Crippen molar-refractivity contribution in [1.82, 2.24) is 0 Å². The van der Waals surface area contributed by atoms with E-state index in [9.17, 15) is 19.1 Å². The Morgan fingerprint density at radius 3 is 2.37 bits per heavy atom. The Kier molecular flexibility index (Phi) is 6.74. The maximum Gasteiger partial charge on any atom is 0.300 e. The number of carbonyl (C=O) groups is 2. The van der Waals surface area contributed by atoms with E-state index in [-0.39, 0.29) is 32.6 Å². The van der Waals surface area contributed by atoms with Gasteiger partial charge in [0.15, 0.2) is 0 Å². The van der Waals surface area contributed by atoms with Crippen molar-refractivity contribution in [2.24, 2.45) is 0 Å². The van der Waals surface area contributed by atoms with E-state index in [4.69, 9.17) is 32.7 Å². The third kappa shape index (κ3) is 4.22. The molecule has 1 unspecified atom stereocenters. The Bertz CT molecular complexity index is 1390. The molecule has 1 aliphatic rings. The highest BCUT2D eigenvalue weighted by Crippen LogP contribution is 2.46. The molecular formula is C26H20Cl2FNO5. The van der Waals surface area contributed by atoms with Crippen molar-refractivity contribution in [2.75, 3.05) is 19.1 Å². The summed E-state index contributed by atoms with van der Waals surface area (Å²) in [5.74, 6) is -2.51. The second-order valence-electron chi connectivity index (χ2n) is 7.84. The number of ether oxygens (including phenoxy) is 2. The third-order valence-electron chi connectivity index (χ3n) is 5.71. The molecule has 180 valence electrons. The summed E-state index contributed by atoms with van der Waals surface area (Å²) >= 11 is 12.3. The van der Waals surface area contributed by atoms with Gasteiger partial charge in [-0.05, 0) is 48.9 Å². The van der Waals surface area contributed by atoms with Gasteiger partial charge in [-0.15, -0.1) is 0 Å². The van der Waals surface area contributed by atoms with E-state index in [0.29, 0.717) is 16.9 Å². The van der Waals surface area contributed by atoms with E-state index in [0.717, 1.165) is 11.0 Å². The Labute approximate surface area is 211 Å². The number of halogens is 3. The monoisotopic (exact) mass is 515 g/mol. The van der Waals surface area contributed by atoms with Crippen LogP contribution in [0, 0.1) is 12.7 Å². The zero-order valence-corrected chi connectivity index (χ0v) is 20.4. The molecule has 1 amide bonds. The highest BCUT2D eigenvalue weighted by atomic mass is 35.5. The summed E-state index contributed by atoms with van der Waals surface area (Å²) in [5, 5.41) is 11.4. The molecule has 3 aromatic rings. The van der Waals surface area contributed by atoms with Crippen molar-refractivity contribution < 1.29 is 28.6 Å². The molecule has 35 heavy (non-hydrogen) atoms. The van der Waals surface area contributed by atoms with Crippen LogP contribution in [-0.4, -0.2) is 31.0 Å². The maximum absolute atomic E-state index is 13.9. The highest BCUT2D eigenvalue weighted by Gasteiger charge is 2.48. The number of benzene rings is 3. The minimum absolute atomic E-state index is 0.143. The molecule has 0 aromatic heterocycles. The van der Waals surface area contributed by atoms with Gasteiger partial charge in [0.2, 0.25) is 0 Å². The first-order valence-corrected chi connectivity index (χ1v) is 11.2. The van der Waals surface area contributed by atoms with Gasteiger partial charge in [0.25, 0.3) is 11.7 Å². The summed E-state index contributed by atoms with van der Waals surface area (Å²) in [6, 6.07) is 12.6. The van der Waals surface area contributed by atoms with Crippen LogP contribution < -0.4 is 14.4 Å². The van der Waals surface area contributed by atoms with E-state index < -0.39 is 29.3 Å². The molecule has 0 saturated carbocycles. The number of Topliss-reactive ketones (excluding diaryl/α,β-unsaturated/α-hetero) is 1. The fourth-order valence-electron chi connectivity index (χ4n) is 4.18. The molecule has 3 aromatic carbocycles. The zero-order valence-electron chi connectivity index (χ0n) is 18.9. The van der Waals surface area contributed by atoms with Gasteiger partial charge in [-0.3, -0.25) is 14.5 Å². The second-order valence-corrected chi connectivity index (χ2v) is 8.65. The molecule has 0 aliphatic carbocycles. The van der Waals surface area contributed by atoms with E-state index in [1.165, 1.54) is 26.4 Å². The number of hydrogen-bond donors (Lipinski definition) is 1. The number of hydrogen-bond acceptors (Lipinski definition) is 5. The fourth-order valence-corrected chi connectivity index (χ4v) is 4.70. The number of ketones is 1. The molecule has 6 nitrogen and oxygen atoms in total. The van der Waals surface area contributed by atoms with Crippen LogP contribution in [0.2, 0.25) is 10.0 Å². The van der Waals surface area contributed by atoms with Crippen molar-refractivity contribution >= 4 is 46.3 Å². The fraction of sp³-hybridized carbons (Fsp3) is 0.154. The van der Waals surface area contributed by atoms with Gasteiger partial charge in [0, 0.05) is 11.3 Å². The minimum Gasteiger partial charge on any atom is -0.507 e. The van der Waals surface area contributed by atoms with E-state index >= 15 is 0 Å². The Morgan fingerprint density at radius 1 is 1.00 bits per heavy atom. The third-order valence-corrected chi connectivity index (χ3v) is 6.28. The number of aliphatic hydroxyl groups excluding tert-OH is 1. The summed E-state index contributed by atoms with van der Waals surface area (Å²) in [6.45, 7) is 1.76. The van der Waals surface area contributed by atoms with Crippen LogP contribution in [0.15, 0.2) is 60.2 Å². The lowest BCUT2D eigenvalue weighted by atomic mass is 9.93. The smallest absolute Gasteiger partial charge is 0.300 e. The second kappa shape index (κ2) is 9.60.